The van der Waals surface area contributed by atoms with E-state index in [1.807, 2.05) is 25.1 Å². The number of carbonyl (C=O) groups excluding carboxylic acids is 1. The average molecular weight is 327 g/mol. The molecular formula is C15H21NO3S2. The van der Waals surface area contributed by atoms with Gasteiger partial charge in [0.1, 0.15) is 0 Å². The second-order valence-electron chi connectivity index (χ2n) is 5.35. The van der Waals surface area contributed by atoms with Gasteiger partial charge in [-0.15, -0.1) is 11.8 Å². The summed E-state index contributed by atoms with van der Waals surface area (Å²) in [4.78, 5) is 12.1. The van der Waals surface area contributed by atoms with Gasteiger partial charge in [0, 0.05) is 10.9 Å². The first-order valence-electron chi connectivity index (χ1n) is 7.11. The molecule has 116 valence electrons. The maximum Gasteiger partial charge on any atom is 0.234 e. The lowest BCUT2D eigenvalue weighted by Gasteiger charge is -2.13. The summed E-state index contributed by atoms with van der Waals surface area (Å²) in [6.45, 7) is 4.04. The number of aryl methyl sites for hydroxylation is 2. The molecule has 0 radical (unpaired) electrons. The number of sulfone groups is 1. The Hall–Kier alpha value is -1.01. The van der Waals surface area contributed by atoms with E-state index in [2.05, 4.69) is 12.2 Å². The van der Waals surface area contributed by atoms with Crippen LogP contribution in [0.4, 0.5) is 5.69 Å². The number of benzene rings is 1. The van der Waals surface area contributed by atoms with E-state index in [1.54, 1.807) is 0 Å². The lowest BCUT2D eigenvalue weighted by Crippen LogP contribution is -2.18. The molecule has 1 saturated heterocycles. The highest BCUT2D eigenvalue weighted by Gasteiger charge is 2.28. The molecular weight excluding hydrogens is 306 g/mol. The fraction of sp³-hybridized carbons (Fsp3) is 0.533. The van der Waals surface area contributed by atoms with Gasteiger partial charge in [0.05, 0.1) is 17.3 Å². The zero-order valence-electron chi connectivity index (χ0n) is 12.4. The van der Waals surface area contributed by atoms with Crippen molar-refractivity contribution in [2.75, 3.05) is 22.6 Å². The number of anilines is 1. The maximum atomic E-state index is 12.1. The van der Waals surface area contributed by atoms with Crippen LogP contribution in [0.3, 0.4) is 0 Å². The van der Waals surface area contributed by atoms with Crippen molar-refractivity contribution in [3.05, 3.63) is 29.3 Å². The van der Waals surface area contributed by atoms with Gasteiger partial charge in [0.25, 0.3) is 0 Å². The van der Waals surface area contributed by atoms with Crippen molar-refractivity contribution in [3.63, 3.8) is 0 Å². The summed E-state index contributed by atoms with van der Waals surface area (Å²) in [5.74, 6) is 0.699. The lowest BCUT2D eigenvalue weighted by atomic mass is 10.1. The number of hydrogen-bond acceptors (Lipinski definition) is 4. The Kier molecular flexibility index (Phi) is 5.32. The first kappa shape index (κ1) is 16.4. The second-order valence-corrected chi connectivity index (χ2v) is 8.86. The van der Waals surface area contributed by atoms with Gasteiger partial charge in [-0.3, -0.25) is 4.79 Å². The number of thioether (sulfide) groups is 1. The molecule has 1 aromatic rings. The van der Waals surface area contributed by atoms with Crippen LogP contribution in [-0.2, 0) is 21.1 Å². The molecule has 1 heterocycles. The summed E-state index contributed by atoms with van der Waals surface area (Å²) in [7, 11) is -2.87. The third kappa shape index (κ3) is 4.48. The van der Waals surface area contributed by atoms with Crippen LogP contribution in [0.5, 0.6) is 0 Å². The molecule has 6 heteroatoms. The molecule has 0 spiro atoms. The number of carbonyl (C=O) groups is 1. The highest BCUT2D eigenvalue weighted by molar-refractivity contribution is 8.02. The van der Waals surface area contributed by atoms with Gasteiger partial charge in [-0.05, 0) is 30.9 Å². The van der Waals surface area contributed by atoms with E-state index < -0.39 is 9.84 Å². The molecule has 1 fully saturated rings. The van der Waals surface area contributed by atoms with Crippen LogP contribution in [0.2, 0.25) is 0 Å². The van der Waals surface area contributed by atoms with Gasteiger partial charge < -0.3 is 5.32 Å². The molecule has 1 N–H and O–H groups in total. The standard InChI is InChI=1S/C15H21NO3S2/c1-3-12-6-4-5-11(2)15(12)16-14(17)9-20-13-7-8-21(18,19)10-13/h4-6,13H,3,7-10H2,1-2H3,(H,16,17)/t13-/m0/s1. The van der Waals surface area contributed by atoms with Crippen LogP contribution in [-0.4, -0.2) is 36.8 Å². The summed E-state index contributed by atoms with van der Waals surface area (Å²) in [5.41, 5.74) is 3.07. The molecule has 1 aliphatic heterocycles. The third-order valence-corrected chi connectivity index (χ3v) is 6.93. The lowest BCUT2D eigenvalue weighted by molar-refractivity contribution is -0.113. The topological polar surface area (TPSA) is 63.2 Å². The molecule has 0 saturated carbocycles. The fourth-order valence-electron chi connectivity index (χ4n) is 2.46. The monoisotopic (exact) mass is 327 g/mol. The van der Waals surface area contributed by atoms with Crippen LogP contribution in [0, 0.1) is 6.92 Å². The normalized spacial score (nSPS) is 20.4. The number of rotatable bonds is 5. The summed E-state index contributed by atoms with van der Waals surface area (Å²) in [6, 6.07) is 5.98. The molecule has 0 aliphatic carbocycles. The Bertz CT molecular complexity index is 626. The van der Waals surface area contributed by atoms with Crippen molar-refractivity contribution in [2.24, 2.45) is 0 Å². The molecule has 0 bridgehead atoms. The van der Waals surface area contributed by atoms with Crippen molar-refractivity contribution in [1.29, 1.82) is 0 Å². The van der Waals surface area contributed by atoms with E-state index in [4.69, 9.17) is 0 Å². The van der Waals surface area contributed by atoms with Crippen molar-refractivity contribution in [2.45, 2.75) is 31.9 Å². The fourth-order valence-corrected chi connectivity index (χ4v) is 5.91. The summed E-state index contributed by atoms with van der Waals surface area (Å²) < 4.78 is 22.8. The predicted octanol–water partition coefficient (Wildman–Crippen LogP) is 2.42. The molecule has 4 nitrogen and oxygen atoms in total. The highest BCUT2D eigenvalue weighted by Crippen LogP contribution is 2.25. The Morgan fingerprint density at radius 3 is 2.81 bits per heavy atom. The molecule has 0 unspecified atom stereocenters. The molecule has 1 aromatic carbocycles. The van der Waals surface area contributed by atoms with Crippen molar-refractivity contribution < 1.29 is 13.2 Å². The summed E-state index contributed by atoms with van der Waals surface area (Å²) in [5, 5.41) is 3.02. The quantitative estimate of drug-likeness (QED) is 0.902. The Balaban J connectivity index is 1.91. The van der Waals surface area contributed by atoms with Crippen LogP contribution < -0.4 is 5.32 Å². The maximum absolute atomic E-state index is 12.1. The molecule has 1 atom stereocenters. The van der Waals surface area contributed by atoms with Crippen molar-refractivity contribution in [3.8, 4) is 0 Å². The number of nitrogens with one attached hydrogen (secondary N) is 1. The Labute approximate surface area is 130 Å². The smallest absolute Gasteiger partial charge is 0.234 e. The van der Waals surface area contributed by atoms with Crippen molar-refractivity contribution in [1.82, 2.24) is 0 Å². The van der Waals surface area contributed by atoms with Crippen LogP contribution in [0.1, 0.15) is 24.5 Å². The SMILES string of the molecule is CCc1cccc(C)c1NC(=O)CS[C@H]1CCS(=O)(=O)C1. The van der Waals surface area contributed by atoms with Gasteiger partial charge in [0.2, 0.25) is 5.91 Å². The summed E-state index contributed by atoms with van der Waals surface area (Å²) in [6.07, 6.45) is 1.52. The zero-order chi connectivity index (χ0) is 15.5. The molecule has 1 amide bonds. The van der Waals surface area contributed by atoms with E-state index in [-0.39, 0.29) is 22.7 Å². The van der Waals surface area contributed by atoms with E-state index in [1.165, 1.54) is 11.8 Å². The van der Waals surface area contributed by atoms with Crippen molar-refractivity contribution >= 4 is 33.2 Å². The number of para-hydroxylation sites is 1. The minimum Gasteiger partial charge on any atom is -0.325 e. The second kappa shape index (κ2) is 6.83. The Morgan fingerprint density at radius 1 is 1.43 bits per heavy atom. The van der Waals surface area contributed by atoms with E-state index >= 15 is 0 Å². The van der Waals surface area contributed by atoms with Gasteiger partial charge in [-0.2, -0.15) is 0 Å². The first-order chi connectivity index (χ1) is 9.91. The number of amides is 1. The van der Waals surface area contributed by atoms with E-state index in [0.29, 0.717) is 12.2 Å². The van der Waals surface area contributed by atoms with Gasteiger partial charge in [-0.25, -0.2) is 8.42 Å². The molecule has 2 rings (SSSR count). The molecule has 0 aromatic heterocycles. The van der Waals surface area contributed by atoms with E-state index in [0.717, 1.165) is 23.2 Å². The van der Waals surface area contributed by atoms with Crippen LogP contribution >= 0.6 is 11.8 Å². The Morgan fingerprint density at radius 2 is 2.19 bits per heavy atom. The van der Waals surface area contributed by atoms with Gasteiger partial charge in [-0.1, -0.05) is 25.1 Å². The largest absolute Gasteiger partial charge is 0.325 e. The highest BCUT2D eigenvalue weighted by atomic mass is 32.2. The van der Waals surface area contributed by atoms with Gasteiger partial charge in [0.15, 0.2) is 9.84 Å². The first-order valence-corrected chi connectivity index (χ1v) is 9.98. The minimum atomic E-state index is -2.87. The predicted molar refractivity (Wildman–Crippen MR) is 88.7 cm³/mol. The van der Waals surface area contributed by atoms with E-state index in [9.17, 15) is 13.2 Å². The average Bonchev–Trinajstić information content (AvgIpc) is 2.78. The van der Waals surface area contributed by atoms with Crippen LogP contribution in [0.15, 0.2) is 18.2 Å². The minimum absolute atomic E-state index is 0.0586. The summed E-state index contributed by atoms with van der Waals surface area (Å²) >= 11 is 1.44. The van der Waals surface area contributed by atoms with Gasteiger partial charge >= 0.3 is 0 Å². The third-order valence-electron chi connectivity index (χ3n) is 3.65. The number of hydrogen-bond donors (Lipinski definition) is 1. The zero-order valence-corrected chi connectivity index (χ0v) is 14.0. The van der Waals surface area contributed by atoms with Crippen LogP contribution in [0.25, 0.3) is 0 Å². The molecule has 21 heavy (non-hydrogen) atoms. The molecule has 1 aliphatic rings.